The largest absolute Gasteiger partial charge is 0.454 e. The molecule has 9 nitrogen and oxygen atoms in total. The van der Waals surface area contributed by atoms with E-state index in [9.17, 15) is 14.9 Å². The van der Waals surface area contributed by atoms with Gasteiger partial charge in [0, 0.05) is 44.3 Å². The Hall–Kier alpha value is -3.43. The molecule has 33 heavy (non-hydrogen) atoms. The molecule has 6 rings (SSSR count). The van der Waals surface area contributed by atoms with E-state index >= 15 is 0 Å². The second kappa shape index (κ2) is 7.57. The molecule has 5 atom stereocenters. The van der Waals surface area contributed by atoms with Gasteiger partial charge in [0.15, 0.2) is 11.5 Å². The quantitative estimate of drug-likeness (QED) is 0.303. The molecule has 1 fully saturated rings. The maximum absolute atomic E-state index is 12.8. The molecule has 3 heterocycles. The molecule has 2 bridgehead atoms. The highest BCUT2D eigenvalue weighted by Crippen LogP contribution is 2.50. The molecule has 1 unspecified atom stereocenters. The van der Waals surface area contributed by atoms with E-state index in [1.54, 1.807) is 7.11 Å². The van der Waals surface area contributed by atoms with Crippen LogP contribution in [-0.2, 0) is 16.0 Å². The van der Waals surface area contributed by atoms with Crippen molar-refractivity contribution >= 4 is 11.7 Å². The van der Waals surface area contributed by atoms with Crippen LogP contribution in [0.2, 0.25) is 0 Å². The molecule has 2 aromatic carbocycles. The summed E-state index contributed by atoms with van der Waals surface area (Å²) >= 11 is 0. The second-order valence-corrected chi connectivity index (χ2v) is 8.76. The molecule has 3 aliphatic heterocycles. The fourth-order valence-electron chi connectivity index (χ4n) is 5.48. The van der Waals surface area contributed by atoms with E-state index in [2.05, 4.69) is 17.0 Å². The van der Waals surface area contributed by atoms with Crippen LogP contribution in [0, 0.1) is 10.1 Å². The minimum atomic E-state index is -0.605. The molecular weight excluding hydrogens is 428 g/mol. The van der Waals surface area contributed by atoms with Gasteiger partial charge in [0.1, 0.15) is 6.10 Å². The lowest BCUT2D eigenvalue weighted by Gasteiger charge is -2.34. The molecule has 170 valence electrons. The Labute approximate surface area is 189 Å². The molecule has 4 aliphatic rings. The predicted octanol–water partition coefficient (Wildman–Crippen LogP) is 3.18. The van der Waals surface area contributed by atoms with Gasteiger partial charge in [-0.3, -0.25) is 15.0 Å². The van der Waals surface area contributed by atoms with Crippen molar-refractivity contribution in [3.63, 3.8) is 0 Å². The Morgan fingerprint density at radius 2 is 2.03 bits per heavy atom. The van der Waals surface area contributed by atoms with Gasteiger partial charge in [-0.1, -0.05) is 6.07 Å². The number of carbonyl (C=O) groups is 1. The molecule has 1 aliphatic carbocycles. The van der Waals surface area contributed by atoms with E-state index in [4.69, 9.17) is 18.9 Å². The molecule has 9 heteroatoms. The molecule has 2 aromatic rings. The zero-order chi connectivity index (χ0) is 22.7. The Bertz CT molecular complexity index is 1190. The smallest absolute Gasteiger partial charge is 0.339 e. The number of nitrogens with zero attached hydrogens (tertiary/aromatic N) is 2. The summed E-state index contributed by atoms with van der Waals surface area (Å²) in [5, 5.41) is 11.1. The first-order chi connectivity index (χ1) is 16.0. The summed E-state index contributed by atoms with van der Waals surface area (Å²) < 4.78 is 22.7. The number of rotatable bonds is 4. The highest BCUT2D eigenvalue weighted by atomic mass is 16.7. The number of hydrogen-bond donors (Lipinski definition) is 0. The fourth-order valence-corrected chi connectivity index (χ4v) is 5.48. The number of non-ortho nitro benzene ring substituents is 1. The lowest BCUT2D eigenvalue weighted by molar-refractivity contribution is -0.384. The molecule has 0 saturated carbocycles. The third-order valence-corrected chi connectivity index (χ3v) is 7.05. The first-order valence-electron chi connectivity index (χ1n) is 10.9. The van der Waals surface area contributed by atoms with Gasteiger partial charge >= 0.3 is 5.97 Å². The average molecular weight is 450 g/mol. The second-order valence-electron chi connectivity index (χ2n) is 8.76. The molecule has 0 spiro atoms. The van der Waals surface area contributed by atoms with E-state index < -0.39 is 17.0 Å². The van der Waals surface area contributed by atoms with Crippen molar-refractivity contribution in [2.24, 2.45) is 0 Å². The van der Waals surface area contributed by atoms with Crippen LogP contribution < -0.4 is 9.47 Å². The Morgan fingerprint density at radius 1 is 1.21 bits per heavy atom. The van der Waals surface area contributed by atoms with Gasteiger partial charge in [-0.05, 0) is 47.4 Å². The molecule has 0 N–H and O–H groups in total. The van der Waals surface area contributed by atoms with E-state index in [0.717, 1.165) is 24.6 Å². The van der Waals surface area contributed by atoms with Crippen molar-refractivity contribution in [2.45, 2.75) is 37.1 Å². The number of nitro groups is 1. The minimum Gasteiger partial charge on any atom is -0.454 e. The van der Waals surface area contributed by atoms with Gasteiger partial charge in [-0.15, -0.1) is 0 Å². The normalized spacial score (nSPS) is 28.5. The van der Waals surface area contributed by atoms with E-state index in [-0.39, 0.29) is 36.1 Å². The summed E-state index contributed by atoms with van der Waals surface area (Å²) in [7, 11) is 1.61. The average Bonchev–Trinajstić information content (AvgIpc) is 3.39. The summed E-state index contributed by atoms with van der Waals surface area (Å²) in [5.41, 5.74) is 3.67. The van der Waals surface area contributed by atoms with Crippen molar-refractivity contribution in [1.82, 2.24) is 4.90 Å². The number of fused-ring (bicyclic) bond motifs is 8. The Balaban J connectivity index is 1.31. The standard InChI is InChI=1S/C24H22N2O7/c1-30-20-9-19-17(8-23(20)33-24(27)13-3-2-4-15(5-13)26(28)29)18-11-25(19)10-14-6-21-22(7-16(14)18)32-12-31-21/h2-8,18-20,23H,9-12H2,1H3/t18-,19-,20-,23-/m0/s1. The number of esters is 1. The van der Waals surface area contributed by atoms with Gasteiger partial charge in [-0.2, -0.15) is 0 Å². The Morgan fingerprint density at radius 3 is 2.82 bits per heavy atom. The SMILES string of the molecule is CO[C@H]1C[C@H]2C(=C[C@@H]1OC(=O)c1cccc([N+](=O)[O-])c1)[C@H]1CN2Cc2cc3c(cc21)OCO3. The number of benzene rings is 2. The van der Waals surface area contributed by atoms with Crippen molar-refractivity contribution < 1.29 is 28.7 Å². The summed E-state index contributed by atoms with van der Waals surface area (Å²) in [6.45, 7) is 1.95. The van der Waals surface area contributed by atoms with Crippen molar-refractivity contribution in [2.75, 3.05) is 20.4 Å². The minimum absolute atomic E-state index is 0.145. The van der Waals surface area contributed by atoms with Crippen molar-refractivity contribution in [1.29, 1.82) is 0 Å². The number of ether oxygens (including phenoxy) is 4. The first-order valence-corrected chi connectivity index (χ1v) is 10.9. The van der Waals surface area contributed by atoms with Crippen LogP contribution in [0.25, 0.3) is 0 Å². The summed E-state index contributed by atoms with van der Waals surface area (Å²) in [6.07, 6.45) is 1.83. The zero-order valence-corrected chi connectivity index (χ0v) is 17.9. The summed E-state index contributed by atoms with van der Waals surface area (Å²) in [5.74, 6) is 1.13. The number of methoxy groups -OCH3 is 1. The topological polar surface area (TPSA) is 100 Å². The van der Waals surface area contributed by atoms with Crippen LogP contribution in [0.3, 0.4) is 0 Å². The number of carbonyl (C=O) groups excluding carboxylic acids is 1. The lowest BCUT2D eigenvalue weighted by atomic mass is 9.82. The predicted molar refractivity (Wildman–Crippen MR) is 115 cm³/mol. The fraction of sp³-hybridized carbons (Fsp3) is 0.375. The highest BCUT2D eigenvalue weighted by molar-refractivity contribution is 5.90. The maximum Gasteiger partial charge on any atom is 0.339 e. The van der Waals surface area contributed by atoms with Gasteiger partial charge in [0.05, 0.1) is 16.6 Å². The van der Waals surface area contributed by atoms with E-state index in [1.807, 2.05) is 6.08 Å². The number of nitro benzene ring substituents is 1. The Kier molecular flexibility index (Phi) is 4.63. The van der Waals surface area contributed by atoms with Gasteiger partial charge in [0.2, 0.25) is 6.79 Å². The summed E-state index contributed by atoms with van der Waals surface area (Å²) in [4.78, 5) is 25.8. The molecular formula is C24H22N2O7. The van der Waals surface area contributed by atoms with Crippen LogP contribution in [-0.4, -0.2) is 54.5 Å². The maximum atomic E-state index is 12.8. The molecule has 0 radical (unpaired) electrons. The summed E-state index contributed by atoms with van der Waals surface area (Å²) in [6, 6.07) is 9.93. The van der Waals surface area contributed by atoms with E-state index in [0.29, 0.717) is 6.42 Å². The lowest BCUT2D eigenvalue weighted by Crippen LogP contribution is -2.42. The van der Waals surface area contributed by atoms with Gasteiger partial charge < -0.3 is 18.9 Å². The highest BCUT2D eigenvalue weighted by Gasteiger charge is 2.47. The molecule has 1 saturated heterocycles. The van der Waals surface area contributed by atoms with Crippen LogP contribution in [0.4, 0.5) is 5.69 Å². The van der Waals surface area contributed by atoms with Crippen LogP contribution in [0.15, 0.2) is 48.0 Å². The van der Waals surface area contributed by atoms with Gasteiger partial charge in [-0.25, -0.2) is 4.79 Å². The zero-order valence-electron chi connectivity index (χ0n) is 17.9. The van der Waals surface area contributed by atoms with Crippen LogP contribution in [0.1, 0.15) is 33.8 Å². The third-order valence-electron chi connectivity index (χ3n) is 7.05. The molecule has 0 amide bonds. The number of hydrogen-bond acceptors (Lipinski definition) is 8. The van der Waals surface area contributed by atoms with Crippen LogP contribution in [0.5, 0.6) is 11.5 Å². The first kappa shape index (κ1) is 20.2. The third kappa shape index (κ3) is 3.27. The van der Waals surface area contributed by atoms with Crippen LogP contribution >= 0.6 is 0 Å². The van der Waals surface area contributed by atoms with Gasteiger partial charge in [0.25, 0.3) is 5.69 Å². The molecule has 0 aromatic heterocycles. The van der Waals surface area contributed by atoms with Crippen molar-refractivity contribution in [3.8, 4) is 11.5 Å². The van der Waals surface area contributed by atoms with Crippen molar-refractivity contribution in [3.05, 3.63) is 74.9 Å². The monoisotopic (exact) mass is 450 g/mol. The van der Waals surface area contributed by atoms with E-state index in [1.165, 1.54) is 41.0 Å².